The minimum absolute atomic E-state index is 0.342. The van der Waals surface area contributed by atoms with E-state index in [0.717, 1.165) is 57.8 Å². The maximum atomic E-state index is 12.4. The van der Waals surface area contributed by atoms with Crippen LogP contribution in [0.3, 0.4) is 0 Å². The summed E-state index contributed by atoms with van der Waals surface area (Å²) >= 11 is 0. The average molecular weight is 349 g/mol. The molecule has 0 unspecified atom stereocenters. The predicted molar refractivity (Wildman–Crippen MR) is 100 cm³/mol. The lowest BCUT2D eigenvalue weighted by Crippen LogP contribution is -2.40. The average Bonchev–Trinajstić information content (AvgIpc) is 3.18. The Labute approximate surface area is 153 Å². The molecule has 0 aromatic heterocycles. The van der Waals surface area contributed by atoms with E-state index in [2.05, 4.69) is 4.90 Å². The van der Waals surface area contributed by atoms with Gasteiger partial charge in [0, 0.05) is 39.0 Å². The lowest BCUT2D eigenvalue weighted by atomic mass is 9.85. The molecule has 0 aromatic carbocycles. The van der Waals surface area contributed by atoms with Crippen LogP contribution in [0.25, 0.3) is 0 Å². The highest BCUT2D eigenvalue weighted by Gasteiger charge is 2.27. The zero-order chi connectivity index (χ0) is 17.5. The van der Waals surface area contributed by atoms with Crippen molar-refractivity contribution < 1.29 is 9.59 Å². The van der Waals surface area contributed by atoms with Gasteiger partial charge in [0.1, 0.15) is 0 Å². The van der Waals surface area contributed by atoms with Crippen molar-refractivity contribution in [2.75, 3.05) is 26.2 Å². The van der Waals surface area contributed by atoms with Crippen molar-refractivity contribution in [1.29, 1.82) is 0 Å². The van der Waals surface area contributed by atoms with Gasteiger partial charge in [-0.1, -0.05) is 32.1 Å². The molecule has 4 heteroatoms. The van der Waals surface area contributed by atoms with Crippen LogP contribution >= 0.6 is 0 Å². The lowest BCUT2D eigenvalue weighted by Gasteiger charge is -2.32. The topological polar surface area (TPSA) is 40.6 Å². The number of hydrogen-bond acceptors (Lipinski definition) is 2. The molecule has 2 aliphatic heterocycles. The van der Waals surface area contributed by atoms with Gasteiger partial charge in [-0.15, -0.1) is 0 Å². The molecule has 0 aromatic rings. The predicted octanol–water partition coefficient (Wildman–Crippen LogP) is 3.99. The Balaban J connectivity index is 1.29. The molecule has 4 nitrogen and oxygen atoms in total. The Morgan fingerprint density at radius 2 is 1.32 bits per heavy atom. The zero-order valence-corrected chi connectivity index (χ0v) is 15.9. The van der Waals surface area contributed by atoms with Crippen LogP contribution in [-0.2, 0) is 9.59 Å². The van der Waals surface area contributed by atoms with Crippen LogP contribution in [-0.4, -0.2) is 47.8 Å². The summed E-state index contributed by atoms with van der Waals surface area (Å²) in [6.07, 6.45) is 15.0. The largest absolute Gasteiger partial charge is 0.343 e. The van der Waals surface area contributed by atoms with Crippen LogP contribution in [0.5, 0.6) is 0 Å². The second-order valence-corrected chi connectivity index (χ2v) is 8.51. The summed E-state index contributed by atoms with van der Waals surface area (Å²) < 4.78 is 0. The van der Waals surface area contributed by atoms with E-state index in [1.807, 2.05) is 4.90 Å². The third-order valence-electron chi connectivity index (χ3n) is 6.62. The van der Waals surface area contributed by atoms with E-state index in [1.165, 1.54) is 51.4 Å². The molecule has 1 aliphatic carbocycles. The molecule has 1 saturated carbocycles. The number of carbonyl (C=O) groups excluding carboxylic acids is 2. The van der Waals surface area contributed by atoms with Gasteiger partial charge < -0.3 is 9.80 Å². The number of carbonyl (C=O) groups is 2. The molecule has 3 aliphatic rings. The summed E-state index contributed by atoms with van der Waals surface area (Å²) in [5.74, 6) is 2.05. The standard InChI is InChI=1S/C21H36N2O2/c24-20(10-6-9-18-7-2-1-3-8-18)23-15-11-19(12-16-23)17-21(25)22-13-4-5-14-22/h18-19H,1-17H2. The van der Waals surface area contributed by atoms with E-state index in [0.29, 0.717) is 24.2 Å². The van der Waals surface area contributed by atoms with Gasteiger partial charge in [-0.05, 0) is 50.4 Å². The minimum Gasteiger partial charge on any atom is -0.343 e. The van der Waals surface area contributed by atoms with Gasteiger partial charge in [0.15, 0.2) is 0 Å². The number of nitrogens with zero attached hydrogens (tertiary/aromatic N) is 2. The van der Waals surface area contributed by atoms with Crippen LogP contribution in [0.4, 0.5) is 0 Å². The summed E-state index contributed by atoms with van der Waals surface area (Å²) in [7, 11) is 0. The van der Waals surface area contributed by atoms with Gasteiger partial charge in [-0.3, -0.25) is 9.59 Å². The third kappa shape index (κ3) is 5.72. The molecular formula is C21H36N2O2. The molecule has 142 valence electrons. The SMILES string of the molecule is O=C(CCCC1CCCCC1)N1CCC(CC(=O)N2CCCC2)CC1. The maximum absolute atomic E-state index is 12.4. The molecule has 0 bridgehead atoms. The molecule has 2 heterocycles. The maximum Gasteiger partial charge on any atom is 0.222 e. The highest BCUT2D eigenvalue weighted by atomic mass is 16.2. The van der Waals surface area contributed by atoms with E-state index in [9.17, 15) is 9.59 Å². The molecule has 0 radical (unpaired) electrons. The third-order valence-corrected chi connectivity index (χ3v) is 6.62. The quantitative estimate of drug-likeness (QED) is 0.728. The number of hydrogen-bond donors (Lipinski definition) is 0. The lowest BCUT2D eigenvalue weighted by molar-refractivity contribution is -0.133. The zero-order valence-electron chi connectivity index (χ0n) is 15.9. The summed E-state index contributed by atoms with van der Waals surface area (Å²) in [5, 5.41) is 0. The van der Waals surface area contributed by atoms with Crippen molar-refractivity contribution >= 4 is 11.8 Å². The number of likely N-dealkylation sites (tertiary alicyclic amines) is 2. The molecular weight excluding hydrogens is 312 g/mol. The van der Waals surface area contributed by atoms with Gasteiger partial charge in [-0.25, -0.2) is 0 Å². The minimum atomic E-state index is 0.342. The smallest absolute Gasteiger partial charge is 0.222 e. The Hall–Kier alpha value is -1.06. The van der Waals surface area contributed by atoms with Crippen molar-refractivity contribution in [2.45, 2.75) is 83.5 Å². The van der Waals surface area contributed by atoms with Crippen molar-refractivity contribution in [3.63, 3.8) is 0 Å². The van der Waals surface area contributed by atoms with Gasteiger partial charge in [0.2, 0.25) is 11.8 Å². The Morgan fingerprint density at radius 3 is 2.00 bits per heavy atom. The molecule has 2 saturated heterocycles. The fourth-order valence-electron chi connectivity index (χ4n) is 4.90. The second-order valence-electron chi connectivity index (χ2n) is 8.51. The van der Waals surface area contributed by atoms with Crippen LogP contribution < -0.4 is 0 Å². The summed E-state index contributed by atoms with van der Waals surface area (Å²) in [5.41, 5.74) is 0. The van der Waals surface area contributed by atoms with Crippen LogP contribution in [0.2, 0.25) is 0 Å². The normalized spacial score (nSPS) is 23.2. The first kappa shape index (κ1) is 18.7. The fourth-order valence-corrected chi connectivity index (χ4v) is 4.90. The highest BCUT2D eigenvalue weighted by molar-refractivity contribution is 5.77. The molecule has 3 rings (SSSR count). The Kier molecular flexibility index (Phi) is 7.18. The van der Waals surface area contributed by atoms with Gasteiger partial charge in [0.25, 0.3) is 0 Å². The summed E-state index contributed by atoms with van der Waals surface area (Å²) in [6, 6.07) is 0. The number of amides is 2. The van der Waals surface area contributed by atoms with Crippen LogP contribution in [0.15, 0.2) is 0 Å². The monoisotopic (exact) mass is 348 g/mol. The van der Waals surface area contributed by atoms with E-state index >= 15 is 0 Å². The molecule has 0 N–H and O–H groups in total. The molecule has 25 heavy (non-hydrogen) atoms. The summed E-state index contributed by atoms with van der Waals surface area (Å²) in [6.45, 7) is 3.63. The van der Waals surface area contributed by atoms with E-state index in [-0.39, 0.29) is 0 Å². The summed E-state index contributed by atoms with van der Waals surface area (Å²) in [4.78, 5) is 28.8. The second kappa shape index (κ2) is 9.59. The van der Waals surface area contributed by atoms with Crippen LogP contribution in [0.1, 0.15) is 83.5 Å². The van der Waals surface area contributed by atoms with Crippen molar-refractivity contribution in [1.82, 2.24) is 9.80 Å². The molecule has 3 fully saturated rings. The van der Waals surface area contributed by atoms with Crippen molar-refractivity contribution in [3.8, 4) is 0 Å². The van der Waals surface area contributed by atoms with E-state index < -0.39 is 0 Å². The van der Waals surface area contributed by atoms with Crippen molar-refractivity contribution in [3.05, 3.63) is 0 Å². The van der Waals surface area contributed by atoms with Gasteiger partial charge in [-0.2, -0.15) is 0 Å². The molecule has 2 amide bonds. The molecule has 0 atom stereocenters. The number of piperidine rings is 1. The van der Waals surface area contributed by atoms with Gasteiger partial charge >= 0.3 is 0 Å². The Morgan fingerprint density at radius 1 is 0.680 bits per heavy atom. The van der Waals surface area contributed by atoms with Crippen molar-refractivity contribution in [2.24, 2.45) is 11.8 Å². The number of rotatable bonds is 6. The first-order valence-corrected chi connectivity index (χ1v) is 10.8. The molecule has 0 spiro atoms. The van der Waals surface area contributed by atoms with E-state index in [4.69, 9.17) is 0 Å². The van der Waals surface area contributed by atoms with Crippen LogP contribution in [0, 0.1) is 11.8 Å². The first-order chi connectivity index (χ1) is 12.2. The highest BCUT2D eigenvalue weighted by Crippen LogP contribution is 2.28. The first-order valence-electron chi connectivity index (χ1n) is 10.8. The Bertz CT molecular complexity index is 431. The fraction of sp³-hybridized carbons (Fsp3) is 0.905. The van der Waals surface area contributed by atoms with Gasteiger partial charge in [0.05, 0.1) is 0 Å². The van der Waals surface area contributed by atoms with E-state index in [1.54, 1.807) is 0 Å².